The monoisotopic (exact) mass is 345 g/mol. The maximum absolute atomic E-state index is 11.2. The number of nitrogens with one attached hydrogen (secondary N) is 2. The fourth-order valence-corrected chi connectivity index (χ4v) is 2.02. The summed E-state index contributed by atoms with van der Waals surface area (Å²) in [6.07, 6.45) is 1.38. The van der Waals surface area contributed by atoms with Gasteiger partial charge in [0.15, 0.2) is 0 Å². The van der Waals surface area contributed by atoms with Gasteiger partial charge in [0.2, 0.25) is 0 Å². The maximum Gasteiger partial charge on any atom is 0.329 e. The van der Waals surface area contributed by atoms with E-state index in [1.807, 2.05) is 30.3 Å². The number of carbonyl (C=O) groups is 2. The first-order valence-electron chi connectivity index (χ1n) is 7.11. The molecule has 2 amide bonds. The average Bonchev–Trinajstić information content (AvgIpc) is 2.61. The van der Waals surface area contributed by atoms with Gasteiger partial charge in [-0.1, -0.05) is 41.9 Å². The molecule has 24 heavy (non-hydrogen) atoms. The second kappa shape index (κ2) is 8.69. The molecule has 0 spiro atoms. The molecule has 0 radical (unpaired) electrons. The van der Waals surface area contributed by atoms with Gasteiger partial charge in [0, 0.05) is 7.05 Å². The van der Waals surface area contributed by atoms with Crippen LogP contribution in [0, 0.1) is 0 Å². The molecule has 7 heteroatoms. The lowest BCUT2D eigenvalue weighted by atomic mass is 10.2. The summed E-state index contributed by atoms with van der Waals surface area (Å²) in [5.41, 5.74) is 3.80. The number of hydrogen-bond donors (Lipinski definition) is 2. The molecule has 0 fully saturated rings. The van der Waals surface area contributed by atoms with Crippen LogP contribution in [0.5, 0.6) is 5.75 Å². The second-order valence-corrected chi connectivity index (χ2v) is 5.15. The van der Waals surface area contributed by atoms with Crippen LogP contribution in [0.25, 0.3) is 0 Å². The second-order valence-electron chi connectivity index (χ2n) is 4.74. The molecule has 0 aliphatic carbocycles. The standard InChI is InChI=1S/C17H16ClN3O3/c1-19-16(22)17(23)21-20-10-13-7-8-15(14(18)9-13)24-11-12-5-3-2-4-6-12/h2-10H,11H2,1H3,(H,19,22)(H,21,23)/b20-10-. The smallest absolute Gasteiger partial charge is 0.329 e. The molecule has 2 rings (SSSR count). The Bertz CT molecular complexity index is 748. The number of halogens is 1. The van der Waals surface area contributed by atoms with Gasteiger partial charge in [-0.3, -0.25) is 9.59 Å². The zero-order valence-corrected chi connectivity index (χ0v) is 13.7. The minimum atomic E-state index is -0.845. The molecular formula is C17H16ClN3O3. The molecule has 0 aliphatic rings. The molecule has 0 unspecified atom stereocenters. The van der Waals surface area contributed by atoms with E-state index >= 15 is 0 Å². The topological polar surface area (TPSA) is 79.8 Å². The molecule has 124 valence electrons. The number of likely N-dealkylation sites (N-methyl/N-ethyl adjacent to an activating group) is 1. The Balaban J connectivity index is 1.94. The molecule has 0 aromatic heterocycles. The zero-order valence-electron chi connectivity index (χ0n) is 13.0. The van der Waals surface area contributed by atoms with Crippen LogP contribution in [0.3, 0.4) is 0 Å². The SMILES string of the molecule is CNC(=O)C(=O)N/N=C\c1ccc(OCc2ccccc2)c(Cl)c1. The van der Waals surface area contributed by atoms with Crippen molar-refractivity contribution in [3.63, 3.8) is 0 Å². The summed E-state index contributed by atoms with van der Waals surface area (Å²) in [4.78, 5) is 22.2. The van der Waals surface area contributed by atoms with Crippen LogP contribution in [0.1, 0.15) is 11.1 Å². The highest BCUT2D eigenvalue weighted by atomic mass is 35.5. The van der Waals surface area contributed by atoms with Crippen molar-refractivity contribution in [1.82, 2.24) is 10.7 Å². The van der Waals surface area contributed by atoms with Crippen LogP contribution in [0.4, 0.5) is 0 Å². The molecule has 2 aromatic rings. The van der Waals surface area contributed by atoms with Crippen LogP contribution in [0.15, 0.2) is 53.6 Å². The minimum absolute atomic E-state index is 0.413. The van der Waals surface area contributed by atoms with Gasteiger partial charge in [-0.05, 0) is 29.3 Å². The number of carbonyl (C=O) groups excluding carboxylic acids is 2. The van der Waals surface area contributed by atoms with E-state index in [4.69, 9.17) is 16.3 Å². The summed E-state index contributed by atoms with van der Waals surface area (Å²) in [7, 11) is 1.36. The van der Waals surface area contributed by atoms with E-state index in [-0.39, 0.29) is 0 Å². The Kier molecular flexibility index (Phi) is 6.33. The molecule has 2 N–H and O–H groups in total. The van der Waals surface area contributed by atoms with E-state index in [1.54, 1.807) is 18.2 Å². The molecule has 0 saturated carbocycles. The Morgan fingerprint density at radius 2 is 1.92 bits per heavy atom. The number of amides is 2. The number of nitrogens with zero attached hydrogens (tertiary/aromatic N) is 1. The maximum atomic E-state index is 11.2. The lowest BCUT2D eigenvalue weighted by molar-refractivity contribution is -0.138. The van der Waals surface area contributed by atoms with Crippen molar-refractivity contribution in [2.75, 3.05) is 7.05 Å². The highest BCUT2D eigenvalue weighted by Crippen LogP contribution is 2.25. The van der Waals surface area contributed by atoms with Gasteiger partial charge in [0.25, 0.3) is 0 Å². The number of ether oxygens (including phenoxy) is 1. The van der Waals surface area contributed by atoms with Gasteiger partial charge < -0.3 is 10.1 Å². The Hall–Kier alpha value is -2.86. The number of benzene rings is 2. The zero-order chi connectivity index (χ0) is 17.4. The van der Waals surface area contributed by atoms with Gasteiger partial charge in [0.1, 0.15) is 12.4 Å². The van der Waals surface area contributed by atoms with Crippen molar-refractivity contribution < 1.29 is 14.3 Å². The van der Waals surface area contributed by atoms with Gasteiger partial charge in [0.05, 0.1) is 11.2 Å². The fourth-order valence-electron chi connectivity index (χ4n) is 1.78. The van der Waals surface area contributed by atoms with E-state index in [0.29, 0.717) is 22.9 Å². The predicted octanol–water partition coefficient (Wildman–Crippen LogP) is 2.12. The van der Waals surface area contributed by atoms with Crippen molar-refractivity contribution in [3.05, 3.63) is 64.7 Å². The largest absolute Gasteiger partial charge is 0.487 e. The van der Waals surface area contributed by atoms with Crippen LogP contribution >= 0.6 is 11.6 Å². The van der Waals surface area contributed by atoms with E-state index < -0.39 is 11.8 Å². The molecular weight excluding hydrogens is 330 g/mol. The Labute approximate surface area is 144 Å². The van der Waals surface area contributed by atoms with Crippen molar-refractivity contribution in [1.29, 1.82) is 0 Å². The van der Waals surface area contributed by atoms with Crippen molar-refractivity contribution in [2.45, 2.75) is 6.61 Å². The van der Waals surface area contributed by atoms with Crippen molar-refractivity contribution in [2.24, 2.45) is 5.10 Å². The average molecular weight is 346 g/mol. The number of rotatable bonds is 5. The van der Waals surface area contributed by atoms with Crippen LogP contribution in [0.2, 0.25) is 5.02 Å². The van der Waals surface area contributed by atoms with E-state index in [2.05, 4.69) is 15.8 Å². The first kappa shape index (κ1) is 17.5. The Morgan fingerprint density at radius 3 is 2.58 bits per heavy atom. The van der Waals surface area contributed by atoms with E-state index in [9.17, 15) is 9.59 Å². The van der Waals surface area contributed by atoms with Gasteiger partial charge >= 0.3 is 11.8 Å². The van der Waals surface area contributed by atoms with Crippen LogP contribution in [-0.4, -0.2) is 25.1 Å². The normalized spacial score (nSPS) is 10.4. The first-order chi connectivity index (χ1) is 11.6. The third kappa shape index (κ3) is 5.10. The van der Waals surface area contributed by atoms with Gasteiger partial charge in [-0.2, -0.15) is 5.10 Å². The van der Waals surface area contributed by atoms with Gasteiger partial charge in [-0.25, -0.2) is 5.43 Å². The van der Waals surface area contributed by atoms with Crippen molar-refractivity contribution >= 4 is 29.6 Å². The summed E-state index contributed by atoms with van der Waals surface area (Å²) in [6, 6.07) is 14.8. The van der Waals surface area contributed by atoms with E-state index in [0.717, 1.165) is 5.56 Å². The molecule has 0 bridgehead atoms. The summed E-state index contributed by atoms with van der Waals surface area (Å²) >= 11 is 6.17. The lowest BCUT2D eigenvalue weighted by Gasteiger charge is -2.08. The lowest BCUT2D eigenvalue weighted by Crippen LogP contribution is -2.35. The number of hydrazone groups is 1. The highest BCUT2D eigenvalue weighted by Gasteiger charge is 2.09. The first-order valence-corrected chi connectivity index (χ1v) is 7.49. The quantitative estimate of drug-likeness (QED) is 0.495. The molecule has 0 atom stereocenters. The molecule has 2 aromatic carbocycles. The fraction of sp³-hybridized carbons (Fsp3) is 0.118. The summed E-state index contributed by atoms with van der Waals surface area (Å²) in [5, 5.41) is 6.31. The summed E-state index contributed by atoms with van der Waals surface area (Å²) < 4.78 is 5.67. The molecule has 0 aliphatic heterocycles. The third-order valence-electron chi connectivity index (χ3n) is 3.01. The third-order valence-corrected chi connectivity index (χ3v) is 3.30. The number of hydrogen-bond acceptors (Lipinski definition) is 4. The van der Waals surface area contributed by atoms with Crippen LogP contribution in [-0.2, 0) is 16.2 Å². The summed E-state index contributed by atoms with van der Waals surface area (Å²) in [5.74, 6) is -1.07. The van der Waals surface area contributed by atoms with E-state index in [1.165, 1.54) is 13.3 Å². The molecule has 0 saturated heterocycles. The van der Waals surface area contributed by atoms with Crippen molar-refractivity contribution in [3.8, 4) is 5.75 Å². The van der Waals surface area contributed by atoms with Crippen LogP contribution < -0.4 is 15.5 Å². The molecule has 6 nitrogen and oxygen atoms in total. The Morgan fingerprint density at radius 1 is 1.17 bits per heavy atom. The highest BCUT2D eigenvalue weighted by molar-refractivity contribution is 6.35. The minimum Gasteiger partial charge on any atom is -0.487 e. The predicted molar refractivity (Wildman–Crippen MR) is 92.0 cm³/mol. The summed E-state index contributed by atoms with van der Waals surface area (Å²) in [6.45, 7) is 0.413. The molecule has 0 heterocycles. The van der Waals surface area contributed by atoms with Gasteiger partial charge in [-0.15, -0.1) is 0 Å².